The van der Waals surface area contributed by atoms with Crippen LogP contribution in [0.1, 0.15) is 34.3 Å². The van der Waals surface area contributed by atoms with Gasteiger partial charge in [0.15, 0.2) is 0 Å². The number of hydrogen-bond acceptors (Lipinski definition) is 1. The summed E-state index contributed by atoms with van der Waals surface area (Å²) in [5.74, 6) is -1.03. The zero-order valence-corrected chi connectivity index (χ0v) is 8.30. The van der Waals surface area contributed by atoms with Gasteiger partial charge in [-0.05, 0) is 36.8 Å². The number of Topliss-reactive ketones (excluding diaryl/α,β-unsaturated/α-hetero) is 1. The molecule has 1 aliphatic carbocycles. The van der Waals surface area contributed by atoms with E-state index in [1.54, 1.807) is 6.07 Å². The summed E-state index contributed by atoms with van der Waals surface area (Å²) in [6.45, 7) is 0. The van der Waals surface area contributed by atoms with Gasteiger partial charge in [0.05, 0.1) is 0 Å². The first-order chi connectivity index (χ1) is 7.20. The van der Waals surface area contributed by atoms with E-state index in [4.69, 9.17) is 0 Å². The molecule has 1 nitrogen and oxygen atoms in total. The third-order valence-electron chi connectivity index (χ3n) is 2.86. The average Bonchev–Trinajstić information content (AvgIpc) is 2.27. The molecule has 3 heteroatoms. The highest BCUT2D eigenvalue weighted by Gasteiger charge is 2.23. The fourth-order valence-corrected chi connectivity index (χ4v) is 2.13. The van der Waals surface area contributed by atoms with E-state index in [2.05, 4.69) is 0 Å². The van der Waals surface area contributed by atoms with Gasteiger partial charge in [0, 0.05) is 5.56 Å². The van der Waals surface area contributed by atoms with Crippen molar-refractivity contribution in [3.8, 4) is 0 Å². The molecule has 80 valence electrons. The first-order valence-electron chi connectivity index (χ1n) is 5.13. The second-order valence-electron chi connectivity index (χ2n) is 3.82. The van der Waals surface area contributed by atoms with E-state index in [1.807, 2.05) is 6.07 Å². The smallest absolute Gasteiger partial charge is 0.288 e. The molecule has 0 radical (unpaired) electrons. The van der Waals surface area contributed by atoms with Crippen molar-refractivity contribution in [1.82, 2.24) is 0 Å². The zero-order chi connectivity index (χ0) is 10.8. The second-order valence-corrected chi connectivity index (χ2v) is 3.82. The highest BCUT2D eigenvalue weighted by atomic mass is 19.3. The van der Waals surface area contributed by atoms with E-state index in [1.165, 1.54) is 6.07 Å². The van der Waals surface area contributed by atoms with Crippen molar-refractivity contribution in [2.24, 2.45) is 0 Å². The van der Waals surface area contributed by atoms with Crippen LogP contribution in [0, 0.1) is 0 Å². The minimum atomic E-state index is -2.89. The zero-order valence-electron chi connectivity index (χ0n) is 8.30. The Bertz CT molecular complexity index is 385. The van der Waals surface area contributed by atoms with Crippen LogP contribution in [0.25, 0.3) is 0 Å². The summed E-state index contributed by atoms with van der Waals surface area (Å²) in [4.78, 5) is 11.3. The molecule has 0 spiro atoms. The molecule has 0 saturated carbocycles. The number of aryl methyl sites for hydroxylation is 1. The Morgan fingerprint density at radius 2 is 1.93 bits per heavy atom. The summed E-state index contributed by atoms with van der Waals surface area (Å²) in [7, 11) is 0. The lowest BCUT2D eigenvalue weighted by Crippen LogP contribution is -2.16. The molecule has 0 unspecified atom stereocenters. The van der Waals surface area contributed by atoms with Gasteiger partial charge >= 0.3 is 6.43 Å². The molecule has 0 bridgehead atoms. The van der Waals surface area contributed by atoms with E-state index in [-0.39, 0.29) is 5.56 Å². The summed E-state index contributed by atoms with van der Waals surface area (Å²) < 4.78 is 24.7. The lowest BCUT2D eigenvalue weighted by molar-refractivity contribution is 0.0677. The number of alkyl halides is 2. The third-order valence-corrected chi connectivity index (χ3v) is 2.86. The van der Waals surface area contributed by atoms with Gasteiger partial charge in [0.1, 0.15) is 0 Å². The van der Waals surface area contributed by atoms with Crippen LogP contribution in [0.5, 0.6) is 0 Å². The fraction of sp³-hybridized carbons (Fsp3) is 0.417. The molecule has 2 rings (SSSR count). The Morgan fingerprint density at radius 1 is 1.20 bits per heavy atom. The predicted molar refractivity (Wildman–Crippen MR) is 53.4 cm³/mol. The van der Waals surface area contributed by atoms with Crippen molar-refractivity contribution in [2.45, 2.75) is 32.1 Å². The van der Waals surface area contributed by atoms with Gasteiger partial charge in [-0.25, -0.2) is 8.78 Å². The van der Waals surface area contributed by atoms with Gasteiger partial charge in [-0.2, -0.15) is 0 Å². The van der Waals surface area contributed by atoms with Gasteiger partial charge < -0.3 is 0 Å². The first-order valence-corrected chi connectivity index (χ1v) is 5.13. The lowest BCUT2D eigenvalue weighted by atomic mass is 9.87. The number of carbonyl (C=O) groups is 1. The Labute approximate surface area is 87.1 Å². The lowest BCUT2D eigenvalue weighted by Gasteiger charge is -2.18. The maximum absolute atomic E-state index is 12.3. The van der Waals surface area contributed by atoms with E-state index in [0.29, 0.717) is 0 Å². The van der Waals surface area contributed by atoms with Crippen LogP contribution in [0.3, 0.4) is 0 Å². The van der Waals surface area contributed by atoms with E-state index in [9.17, 15) is 13.6 Å². The molecular weight excluding hydrogens is 198 g/mol. The van der Waals surface area contributed by atoms with Gasteiger partial charge in [-0.3, -0.25) is 4.79 Å². The Balaban J connectivity index is 2.43. The van der Waals surface area contributed by atoms with Crippen LogP contribution in [0.15, 0.2) is 18.2 Å². The standard InChI is InChI=1S/C12H12F2O/c13-12(14)11(15)10-7-3-5-8-4-1-2-6-9(8)10/h3,5,7,12H,1-2,4,6H2. The van der Waals surface area contributed by atoms with Crippen molar-refractivity contribution in [3.63, 3.8) is 0 Å². The van der Waals surface area contributed by atoms with Gasteiger partial charge in [-0.15, -0.1) is 0 Å². The van der Waals surface area contributed by atoms with E-state index in [0.717, 1.165) is 36.8 Å². The van der Waals surface area contributed by atoms with Crippen LogP contribution in [-0.2, 0) is 12.8 Å². The number of rotatable bonds is 2. The summed E-state index contributed by atoms with van der Waals surface area (Å²) in [5.41, 5.74) is 2.13. The largest absolute Gasteiger partial charge is 0.300 e. The summed E-state index contributed by atoms with van der Waals surface area (Å²) in [6.07, 6.45) is 0.835. The molecule has 1 aliphatic rings. The Kier molecular flexibility index (Phi) is 2.80. The fourth-order valence-electron chi connectivity index (χ4n) is 2.13. The molecular formula is C12H12F2O. The van der Waals surface area contributed by atoms with E-state index >= 15 is 0 Å². The topological polar surface area (TPSA) is 17.1 Å². The number of carbonyl (C=O) groups excluding carboxylic acids is 1. The third kappa shape index (κ3) is 1.91. The van der Waals surface area contributed by atoms with Crippen molar-refractivity contribution in [1.29, 1.82) is 0 Å². The van der Waals surface area contributed by atoms with Crippen LogP contribution < -0.4 is 0 Å². The molecule has 0 aliphatic heterocycles. The van der Waals surface area contributed by atoms with Crippen molar-refractivity contribution in [3.05, 3.63) is 34.9 Å². The maximum atomic E-state index is 12.3. The number of fused-ring (bicyclic) bond motifs is 1. The molecule has 0 amide bonds. The minimum Gasteiger partial charge on any atom is -0.288 e. The van der Waals surface area contributed by atoms with E-state index < -0.39 is 12.2 Å². The Morgan fingerprint density at radius 3 is 2.67 bits per heavy atom. The SMILES string of the molecule is O=C(c1cccc2c1CCCC2)C(F)F. The number of benzene rings is 1. The quantitative estimate of drug-likeness (QED) is 0.686. The summed E-state index contributed by atoms with van der Waals surface area (Å²) in [5, 5.41) is 0. The molecule has 0 heterocycles. The summed E-state index contributed by atoms with van der Waals surface area (Å²) in [6, 6.07) is 5.13. The molecule has 1 aromatic rings. The van der Waals surface area contributed by atoms with Crippen LogP contribution in [-0.4, -0.2) is 12.2 Å². The van der Waals surface area contributed by atoms with Gasteiger partial charge in [-0.1, -0.05) is 18.2 Å². The second kappa shape index (κ2) is 4.09. The highest BCUT2D eigenvalue weighted by Crippen LogP contribution is 2.25. The van der Waals surface area contributed by atoms with Crippen molar-refractivity contribution in [2.75, 3.05) is 0 Å². The molecule has 1 aromatic carbocycles. The Hall–Kier alpha value is -1.25. The molecule has 0 saturated heterocycles. The van der Waals surface area contributed by atoms with Crippen LogP contribution >= 0.6 is 0 Å². The van der Waals surface area contributed by atoms with Crippen LogP contribution in [0.2, 0.25) is 0 Å². The maximum Gasteiger partial charge on any atom is 0.300 e. The molecule has 0 aromatic heterocycles. The number of halogens is 2. The van der Waals surface area contributed by atoms with Crippen molar-refractivity contribution < 1.29 is 13.6 Å². The highest BCUT2D eigenvalue weighted by molar-refractivity contribution is 6.00. The number of ketones is 1. The monoisotopic (exact) mass is 210 g/mol. The molecule has 0 N–H and O–H groups in total. The van der Waals surface area contributed by atoms with Gasteiger partial charge in [0.2, 0.25) is 5.78 Å². The molecule has 0 atom stereocenters. The summed E-state index contributed by atoms with van der Waals surface area (Å²) >= 11 is 0. The van der Waals surface area contributed by atoms with Crippen LogP contribution in [0.4, 0.5) is 8.78 Å². The molecule has 0 fully saturated rings. The predicted octanol–water partition coefficient (Wildman–Crippen LogP) is 3.01. The van der Waals surface area contributed by atoms with Gasteiger partial charge in [0.25, 0.3) is 0 Å². The van der Waals surface area contributed by atoms with Crippen molar-refractivity contribution >= 4 is 5.78 Å². The number of hydrogen-bond donors (Lipinski definition) is 0. The average molecular weight is 210 g/mol. The normalized spacial score (nSPS) is 15.1. The minimum absolute atomic E-state index is 0.224. The first kappa shape index (κ1) is 10.3. The molecule has 15 heavy (non-hydrogen) atoms.